The van der Waals surface area contributed by atoms with Gasteiger partial charge in [-0.2, -0.15) is 0 Å². The fourth-order valence-electron chi connectivity index (χ4n) is 2.58. The second-order valence-electron chi connectivity index (χ2n) is 6.34. The van der Waals surface area contributed by atoms with Crippen molar-refractivity contribution in [3.63, 3.8) is 0 Å². The zero-order chi connectivity index (χ0) is 14.5. The van der Waals surface area contributed by atoms with Crippen LogP contribution in [0.4, 0.5) is 4.79 Å². The molecule has 4 nitrogen and oxygen atoms in total. The molecule has 19 heavy (non-hydrogen) atoms. The molecule has 1 rings (SSSR count). The van der Waals surface area contributed by atoms with Gasteiger partial charge in [0.1, 0.15) is 5.60 Å². The van der Waals surface area contributed by atoms with Gasteiger partial charge >= 0.3 is 6.09 Å². The van der Waals surface area contributed by atoms with Gasteiger partial charge in [0, 0.05) is 6.42 Å². The predicted octanol–water partition coefficient (Wildman–Crippen LogP) is 3.44. The Morgan fingerprint density at radius 2 is 1.79 bits per heavy atom. The summed E-state index contributed by atoms with van der Waals surface area (Å²) in [4.78, 5) is 23.9. The average Bonchev–Trinajstić information content (AvgIpc) is 2.34. The highest BCUT2D eigenvalue weighted by Crippen LogP contribution is 2.27. The van der Waals surface area contributed by atoms with Crippen molar-refractivity contribution >= 4 is 11.9 Å². The van der Waals surface area contributed by atoms with E-state index in [1.165, 1.54) is 6.42 Å². The molecule has 0 aromatic heterocycles. The molecule has 0 aromatic carbocycles. The number of rotatable bonds is 4. The van der Waals surface area contributed by atoms with Gasteiger partial charge in [-0.15, -0.1) is 0 Å². The molecule has 1 N–H and O–H groups in total. The Labute approximate surface area is 116 Å². The zero-order valence-corrected chi connectivity index (χ0v) is 12.6. The van der Waals surface area contributed by atoms with E-state index in [-0.39, 0.29) is 17.7 Å². The van der Waals surface area contributed by atoms with E-state index in [0.29, 0.717) is 6.42 Å². The Hall–Kier alpha value is -1.06. The number of amides is 1. The number of alkyl carbamates (subject to hydrolysis) is 1. The van der Waals surface area contributed by atoms with Crippen molar-refractivity contribution in [2.24, 2.45) is 5.92 Å². The second-order valence-corrected chi connectivity index (χ2v) is 6.34. The third kappa shape index (κ3) is 5.62. The number of ether oxygens (including phenoxy) is 1. The molecule has 0 radical (unpaired) electrons. The number of nitrogens with one attached hydrogen (secondary N) is 1. The Morgan fingerprint density at radius 1 is 1.21 bits per heavy atom. The molecule has 0 aliphatic heterocycles. The van der Waals surface area contributed by atoms with E-state index in [2.05, 4.69) is 5.32 Å². The molecule has 1 amide bonds. The van der Waals surface area contributed by atoms with Gasteiger partial charge < -0.3 is 10.1 Å². The van der Waals surface area contributed by atoms with Crippen LogP contribution in [0.1, 0.15) is 66.2 Å². The molecule has 0 unspecified atom stereocenters. The van der Waals surface area contributed by atoms with Crippen LogP contribution >= 0.6 is 0 Å². The first-order chi connectivity index (χ1) is 8.83. The molecule has 1 aliphatic carbocycles. The fraction of sp³-hybridized carbons (Fsp3) is 0.867. The first kappa shape index (κ1) is 16.0. The third-order valence-electron chi connectivity index (χ3n) is 3.49. The minimum Gasteiger partial charge on any atom is -0.444 e. The van der Waals surface area contributed by atoms with Gasteiger partial charge in [0.15, 0.2) is 5.78 Å². The minimum atomic E-state index is -0.531. The van der Waals surface area contributed by atoms with Crippen molar-refractivity contribution in [1.82, 2.24) is 5.32 Å². The minimum absolute atomic E-state index is 0.109. The monoisotopic (exact) mass is 269 g/mol. The molecule has 0 saturated heterocycles. The van der Waals surface area contributed by atoms with Crippen LogP contribution in [-0.2, 0) is 9.53 Å². The zero-order valence-electron chi connectivity index (χ0n) is 12.6. The quantitative estimate of drug-likeness (QED) is 0.850. The summed E-state index contributed by atoms with van der Waals surface area (Å²) in [5.74, 6) is 0.381. The summed E-state index contributed by atoms with van der Waals surface area (Å²) in [7, 11) is 0. The van der Waals surface area contributed by atoms with Gasteiger partial charge in [0.2, 0.25) is 0 Å². The summed E-state index contributed by atoms with van der Waals surface area (Å²) >= 11 is 0. The van der Waals surface area contributed by atoms with Crippen LogP contribution in [-0.4, -0.2) is 23.5 Å². The maximum Gasteiger partial charge on any atom is 0.408 e. The number of hydrogen-bond donors (Lipinski definition) is 1. The molecule has 1 atom stereocenters. The smallest absolute Gasteiger partial charge is 0.408 e. The largest absolute Gasteiger partial charge is 0.444 e. The molecular formula is C15H27NO3. The molecule has 110 valence electrons. The number of hydrogen-bond acceptors (Lipinski definition) is 3. The van der Waals surface area contributed by atoms with Crippen molar-refractivity contribution in [3.8, 4) is 0 Å². The van der Waals surface area contributed by atoms with E-state index in [9.17, 15) is 9.59 Å². The summed E-state index contributed by atoms with van der Waals surface area (Å²) in [6.07, 6.45) is 5.54. The van der Waals surface area contributed by atoms with E-state index in [1.54, 1.807) is 0 Å². The van der Waals surface area contributed by atoms with E-state index in [4.69, 9.17) is 4.74 Å². The lowest BCUT2D eigenvalue weighted by atomic mass is 9.82. The Kier molecular flexibility index (Phi) is 5.83. The molecule has 0 spiro atoms. The van der Waals surface area contributed by atoms with Gasteiger partial charge in [0.25, 0.3) is 0 Å². The van der Waals surface area contributed by atoms with Gasteiger partial charge in [-0.05, 0) is 39.5 Å². The van der Waals surface area contributed by atoms with Crippen LogP contribution in [0.25, 0.3) is 0 Å². The first-order valence-electron chi connectivity index (χ1n) is 7.35. The molecular weight excluding hydrogens is 242 g/mol. The molecule has 1 saturated carbocycles. The Balaban J connectivity index is 2.64. The number of carbonyl (C=O) groups is 2. The van der Waals surface area contributed by atoms with Gasteiger partial charge in [-0.1, -0.05) is 26.2 Å². The maximum absolute atomic E-state index is 12.0. The predicted molar refractivity (Wildman–Crippen MR) is 75.0 cm³/mol. The SMILES string of the molecule is CCC(=O)[C@@H](NC(=O)OC(C)(C)C)C1CCCCC1. The standard InChI is InChI=1S/C15H27NO3/c1-5-12(17)13(11-9-7-6-8-10-11)16-14(18)19-15(2,3)4/h11,13H,5-10H2,1-4H3,(H,16,18)/t13-/m0/s1. The highest BCUT2D eigenvalue weighted by Gasteiger charge is 2.31. The molecule has 0 aromatic rings. The summed E-state index contributed by atoms with van der Waals surface area (Å²) in [5.41, 5.74) is -0.531. The van der Waals surface area contributed by atoms with Gasteiger partial charge in [-0.3, -0.25) is 4.79 Å². The van der Waals surface area contributed by atoms with Crippen LogP contribution < -0.4 is 5.32 Å². The second kappa shape index (κ2) is 6.92. The van der Waals surface area contributed by atoms with Crippen molar-refractivity contribution in [3.05, 3.63) is 0 Å². The van der Waals surface area contributed by atoms with Crippen LogP contribution in [0.5, 0.6) is 0 Å². The summed E-state index contributed by atoms with van der Waals surface area (Å²) in [6.45, 7) is 7.31. The van der Waals surface area contributed by atoms with Crippen molar-refractivity contribution in [2.45, 2.75) is 77.9 Å². The highest BCUT2D eigenvalue weighted by atomic mass is 16.6. The van der Waals surface area contributed by atoms with E-state index < -0.39 is 11.7 Å². The number of Topliss-reactive ketones (excluding diaryl/α,β-unsaturated/α-hetero) is 1. The highest BCUT2D eigenvalue weighted by molar-refractivity contribution is 5.87. The Bertz CT molecular complexity index is 314. The number of carbonyl (C=O) groups excluding carboxylic acids is 2. The van der Waals surface area contributed by atoms with Crippen LogP contribution in [0.2, 0.25) is 0 Å². The normalized spacial score (nSPS) is 18.7. The molecule has 4 heteroatoms. The van der Waals surface area contributed by atoms with Crippen LogP contribution in [0, 0.1) is 5.92 Å². The molecule has 0 bridgehead atoms. The van der Waals surface area contributed by atoms with Crippen molar-refractivity contribution in [1.29, 1.82) is 0 Å². The molecule has 0 heterocycles. The van der Waals surface area contributed by atoms with Gasteiger partial charge in [-0.25, -0.2) is 4.79 Å². The van der Waals surface area contributed by atoms with Crippen LogP contribution in [0.15, 0.2) is 0 Å². The number of ketones is 1. The molecule has 1 aliphatic rings. The van der Waals surface area contributed by atoms with E-state index >= 15 is 0 Å². The van der Waals surface area contributed by atoms with E-state index in [1.807, 2.05) is 27.7 Å². The topological polar surface area (TPSA) is 55.4 Å². The summed E-state index contributed by atoms with van der Waals surface area (Å²) < 4.78 is 5.25. The first-order valence-corrected chi connectivity index (χ1v) is 7.35. The fourth-order valence-corrected chi connectivity index (χ4v) is 2.58. The Morgan fingerprint density at radius 3 is 2.26 bits per heavy atom. The van der Waals surface area contributed by atoms with Crippen molar-refractivity contribution in [2.75, 3.05) is 0 Å². The summed E-state index contributed by atoms with van der Waals surface area (Å²) in [6, 6.07) is -0.375. The van der Waals surface area contributed by atoms with Crippen molar-refractivity contribution < 1.29 is 14.3 Å². The third-order valence-corrected chi connectivity index (χ3v) is 3.49. The van der Waals surface area contributed by atoms with E-state index in [0.717, 1.165) is 25.7 Å². The lowest BCUT2D eigenvalue weighted by Gasteiger charge is -2.30. The van der Waals surface area contributed by atoms with Crippen LogP contribution in [0.3, 0.4) is 0 Å². The average molecular weight is 269 g/mol. The lowest BCUT2D eigenvalue weighted by Crippen LogP contribution is -2.48. The lowest BCUT2D eigenvalue weighted by molar-refractivity contribution is -0.122. The van der Waals surface area contributed by atoms with Gasteiger partial charge in [0.05, 0.1) is 6.04 Å². The summed E-state index contributed by atoms with van der Waals surface area (Å²) in [5, 5.41) is 2.78. The maximum atomic E-state index is 12.0. The molecule has 1 fully saturated rings.